The van der Waals surface area contributed by atoms with Gasteiger partial charge in [-0.3, -0.25) is 0 Å². The summed E-state index contributed by atoms with van der Waals surface area (Å²) in [6, 6.07) is 0. The molecule has 0 aromatic rings. The Hall–Kier alpha value is 6.11. The minimum atomic E-state index is -2.01. The van der Waals surface area contributed by atoms with Gasteiger partial charge in [-0.15, -0.1) is 0 Å². The van der Waals surface area contributed by atoms with Crippen LogP contribution in [0.5, 0.6) is 0 Å². The van der Waals surface area contributed by atoms with Gasteiger partial charge >= 0.3 is 229 Å². The molecule has 48 valence electrons. The standard InChI is InChI=1S/B3O6.3Cs/c4-1-7-2(5)9-3(6)8-1;;;/q-3;3*+1. The Morgan fingerprint density at radius 1 is 0.583 bits per heavy atom. The third-order valence-electron chi connectivity index (χ3n) is 0.667. The topological polar surface area (TPSA) is 96.9 Å². The van der Waals surface area contributed by atoms with Crippen molar-refractivity contribution in [2.45, 2.75) is 0 Å². The van der Waals surface area contributed by atoms with Crippen LogP contribution in [0.25, 0.3) is 0 Å². The molecule has 0 aromatic heterocycles. The molecule has 0 radical (unpaired) electrons. The van der Waals surface area contributed by atoms with Gasteiger partial charge in [0.1, 0.15) is 0 Å². The molecule has 1 saturated heterocycles. The van der Waals surface area contributed by atoms with Crippen molar-refractivity contribution in [2.24, 2.45) is 0 Å². The average Bonchev–Trinajstić information content (AvgIpc) is 1.59. The minimum Gasteiger partial charge on any atom is -0.833 e. The van der Waals surface area contributed by atoms with Crippen LogP contribution in [0.2, 0.25) is 0 Å². The molecular formula is B3Cs3O6. The summed E-state index contributed by atoms with van der Waals surface area (Å²) in [6.07, 6.45) is 0. The maximum Gasteiger partial charge on any atom is 1.00 e. The van der Waals surface area contributed by atoms with Crippen molar-refractivity contribution in [3.63, 3.8) is 0 Å². The van der Waals surface area contributed by atoms with Crippen LogP contribution >= 0.6 is 0 Å². The zero-order valence-electron chi connectivity index (χ0n) is 7.18. The number of hydrogen-bond donors (Lipinski definition) is 0. The fourth-order valence-electron chi connectivity index (χ4n) is 0.368. The summed E-state index contributed by atoms with van der Waals surface area (Å²) in [5.74, 6) is 0. The van der Waals surface area contributed by atoms with Crippen LogP contribution < -0.4 is 222 Å². The van der Waals surface area contributed by atoms with E-state index in [1.54, 1.807) is 0 Å². The van der Waals surface area contributed by atoms with Gasteiger partial charge < -0.3 is 28.8 Å². The Kier molecular flexibility index (Phi) is 26.2. The second-order valence-corrected chi connectivity index (χ2v) is 1.27. The van der Waals surface area contributed by atoms with E-state index < -0.39 is 22.0 Å². The van der Waals surface area contributed by atoms with Crippen molar-refractivity contribution in [1.82, 2.24) is 0 Å². The minimum absolute atomic E-state index is 0. The predicted molar refractivity (Wildman–Crippen MR) is 20.5 cm³/mol. The van der Waals surface area contributed by atoms with Gasteiger partial charge in [0.05, 0.1) is 0 Å². The Balaban J connectivity index is -0.000000270. The molecule has 0 unspecified atom stereocenters. The summed E-state index contributed by atoms with van der Waals surface area (Å²) in [5.41, 5.74) is 0. The molecule has 12 heavy (non-hydrogen) atoms. The second kappa shape index (κ2) is 13.5. The zero-order chi connectivity index (χ0) is 6.85. The van der Waals surface area contributed by atoms with Gasteiger partial charge in [-0.2, -0.15) is 0 Å². The first-order chi connectivity index (χ1) is 4.18. The van der Waals surface area contributed by atoms with Crippen LogP contribution in [-0.2, 0) is 13.7 Å². The van der Waals surface area contributed by atoms with E-state index in [0.717, 1.165) is 0 Å². The summed E-state index contributed by atoms with van der Waals surface area (Å²) in [7, 11) is -6.03. The van der Waals surface area contributed by atoms with Gasteiger partial charge in [-0.1, -0.05) is 0 Å². The van der Waals surface area contributed by atoms with E-state index in [4.69, 9.17) is 0 Å². The third kappa shape index (κ3) is 11.2. The molecule has 1 heterocycles. The van der Waals surface area contributed by atoms with Crippen LogP contribution in [0.15, 0.2) is 0 Å². The van der Waals surface area contributed by atoms with E-state index in [1.165, 1.54) is 0 Å². The van der Waals surface area contributed by atoms with Gasteiger partial charge in [-0.25, -0.2) is 0 Å². The molecule has 1 rings (SSSR count). The summed E-state index contributed by atoms with van der Waals surface area (Å²) in [6.45, 7) is 0. The number of hydrogen-bond acceptors (Lipinski definition) is 6. The van der Waals surface area contributed by atoms with Crippen molar-refractivity contribution in [1.29, 1.82) is 0 Å². The van der Waals surface area contributed by atoms with Crippen LogP contribution in [0.4, 0.5) is 0 Å². The molecular weight excluding hydrogens is 527 g/mol. The molecule has 0 saturated carbocycles. The number of rotatable bonds is 0. The summed E-state index contributed by atoms with van der Waals surface area (Å²) >= 11 is 0. The van der Waals surface area contributed by atoms with Gasteiger partial charge in [0.2, 0.25) is 0 Å². The van der Waals surface area contributed by atoms with E-state index in [9.17, 15) is 15.1 Å². The van der Waals surface area contributed by atoms with E-state index in [1.807, 2.05) is 0 Å². The Bertz CT molecular complexity index is 79.0. The molecule has 1 fully saturated rings. The van der Waals surface area contributed by atoms with Crippen LogP contribution in [0.1, 0.15) is 0 Å². The fourth-order valence-corrected chi connectivity index (χ4v) is 0.368. The first-order valence-electron chi connectivity index (χ1n) is 2.12. The van der Waals surface area contributed by atoms with Crippen molar-refractivity contribution >= 4 is 22.0 Å². The monoisotopic (exact) mass is 528 g/mol. The quantitative estimate of drug-likeness (QED) is 0.291. The molecule has 12 heteroatoms. The van der Waals surface area contributed by atoms with Gasteiger partial charge in [0.15, 0.2) is 0 Å². The second-order valence-electron chi connectivity index (χ2n) is 1.27. The Labute approximate surface area is 248 Å². The van der Waals surface area contributed by atoms with Crippen LogP contribution in [0.3, 0.4) is 0 Å². The van der Waals surface area contributed by atoms with E-state index in [0.29, 0.717) is 0 Å². The van der Waals surface area contributed by atoms with Crippen molar-refractivity contribution in [2.75, 3.05) is 0 Å². The van der Waals surface area contributed by atoms with E-state index in [2.05, 4.69) is 13.7 Å². The molecule has 6 nitrogen and oxygen atoms in total. The van der Waals surface area contributed by atoms with E-state index in [-0.39, 0.29) is 207 Å². The molecule has 0 bridgehead atoms. The van der Waals surface area contributed by atoms with Gasteiger partial charge in [0.25, 0.3) is 0 Å². The first-order valence-corrected chi connectivity index (χ1v) is 2.12. The van der Waals surface area contributed by atoms with Crippen molar-refractivity contribution < 1.29 is 235 Å². The summed E-state index contributed by atoms with van der Waals surface area (Å²) < 4.78 is 11.4. The fraction of sp³-hybridized carbons (Fsp3) is 0. The van der Waals surface area contributed by atoms with Gasteiger partial charge in [-0.05, 0) is 0 Å². The molecule has 0 amide bonds. The Morgan fingerprint density at radius 3 is 0.917 bits per heavy atom. The van der Waals surface area contributed by atoms with Crippen LogP contribution in [-0.4, -0.2) is 22.0 Å². The van der Waals surface area contributed by atoms with Crippen LogP contribution in [0, 0.1) is 0 Å². The normalized spacial score (nSPS) is 15.8. The predicted octanol–water partition coefficient (Wildman–Crippen LogP) is -13.9. The molecule has 1 aliphatic rings. The molecule has 1 aliphatic heterocycles. The molecule has 0 atom stereocenters. The average molecular weight is 527 g/mol. The summed E-state index contributed by atoms with van der Waals surface area (Å²) in [4.78, 5) is 0. The summed E-state index contributed by atoms with van der Waals surface area (Å²) in [5, 5.41) is 30.1. The largest absolute Gasteiger partial charge is 1.00 e. The molecule has 0 N–H and O–H groups in total. The molecule has 0 aromatic carbocycles. The van der Waals surface area contributed by atoms with Crippen molar-refractivity contribution in [3.8, 4) is 0 Å². The first kappa shape index (κ1) is 23.2. The van der Waals surface area contributed by atoms with E-state index >= 15 is 0 Å². The SMILES string of the molecule is [Cs+].[Cs+].[Cs+].[O-]B1OB([O-])OB([O-])O1. The molecule has 0 spiro atoms. The maximum atomic E-state index is 10.0. The maximum absolute atomic E-state index is 10.0. The zero-order valence-corrected chi connectivity index (χ0v) is 26.0. The molecule has 0 aliphatic carbocycles. The van der Waals surface area contributed by atoms with Crippen molar-refractivity contribution in [3.05, 3.63) is 0 Å². The smallest absolute Gasteiger partial charge is 0.833 e. The third-order valence-corrected chi connectivity index (χ3v) is 0.667. The Morgan fingerprint density at radius 2 is 0.750 bits per heavy atom. The van der Waals surface area contributed by atoms with Gasteiger partial charge in [0, 0.05) is 0 Å².